The lowest BCUT2D eigenvalue weighted by atomic mass is 10.1. The second kappa shape index (κ2) is 5.21. The van der Waals surface area contributed by atoms with Crippen LogP contribution in [-0.4, -0.2) is 14.9 Å². The van der Waals surface area contributed by atoms with E-state index < -0.39 is 6.10 Å². The van der Waals surface area contributed by atoms with Gasteiger partial charge in [0.05, 0.1) is 11.2 Å². The van der Waals surface area contributed by atoms with Gasteiger partial charge < -0.3 is 5.11 Å². The average molecular weight is 316 g/mol. The Morgan fingerprint density at radius 1 is 1.53 bits per heavy atom. The fraction of sp³-hybridized carbons (Fsp3) is 0.250. The maximum atomic E-state index is 10.2. The van der Waals surface area contributed by atoms with E-state index in [1.165, 1.54) is 0 Å². The molecule has 0 aliphatic heterocycles. The number of halogens is 2. The first kappa shape index (κ1) is 12.6. The first-order valence-corrected chi connectivity index (χ1v) is 6.45. The highest BCUT2D eigenvalue weighted by atomic mass is 79.9. The predicted molar refractivity (Wildman–Crippen MR) is 71.1 cm³/mol. The zero-order chi connectivity index (χ0) is 12.4. The van der Waals surface area contributed by atoms with Gasteiger partial charge in [-0.2, -0.15) is 5.10 Å². The molecule has 0 aliphatic carbocycles. The van der Waals surface area contributed by atoms with Crippen molar-refractivity contribution in [2.24, 2.45) is 0 Å². The van der Waals surface area contributed by atoms with Crippen LogP contribution in [0.1, 0.15) is 24.2 Å². The summed E-state index contributed by atoms with van der Waals surface area (Å²) in [4.78, 5) is 0. The molecule has 1 N–H and O–H groups in total. The largest absolute Gasteiger partial charge is 0.383 e. The fourth-order valence-corrected chi connectivity index (χ4v) is 2.22. The number of rotatable bonds is 3. The summed E-state index contributed by atoms with van der Waals surface area (Å²) in [5.74, 6) is 0. The molecule has 1 atom stereocenters. The minimum Gasteiger partial charge on any atom is -0.383 e. The molecule has 5 heteroatoms. The SMILES string of the molecule is CCn1cc(C(O)c2cccc(Br)c2Cl)cn1. The smallest absolute Gasteiger partial charge is 0.109 e. The van der Waals surface area contributed by atoms with Crippen LogP contribution in [0.3, 0.4) is 0 Å². The number of hydrogen-bond acceptors (Lipinski definition) is 2. The number of aliphatic hydroxyl groups excluding tert-OH is 1. The molecule has 2 aromatic rings. The second-order valence-electron chi connectivity index (χ2n) is 3.67. The Kier molecular flexibility index (Phi) is 3.86. The summed E-state index contributed by atoms with van der Waals surface area (Å²) in [5, 5.41) is 14.9. The van der Waals surface area contributed by atoms with Gasteiger partial charge in [-0.1, -0.05) is 23.7 Å². The van der Waals surface area contributed by atoms with Crippen LogP contribution >= 0.6 is 27.5 Å². The minimum absolute atomic E-state index is 0.532. The molecular weight excluding hydrogens is 304 g/mol. The molecule has 1 heterocycles. The zero-order valence-electron chi connectivity index (χ0n) is 9.27. The Morgan fingerprint density at radius 3 is 2.94 bits per heavy atom. The van der Waals surface area contributed by atoms with Crippen molar-refractivity contribution in [3.63, 3.8) is 0 Å². The molecule has 0 spiro atoms. The summed E-state index contributed by atoms with van der Waals surface area (Å²) in [7, 11) is 0. The molecule has 1 aromatic heterocycles. The number of nitrogens with zero attached hydrogens (tertiary/aromatic N) is 2. The summed E-state index contributed by atoms with van der Waals surface area (Å²) in [6.45, 7) is 2.77. The van der Waals surface area contributed by atoms with Crippen LogP contribution in [0.5, 0.6) is 0 Å². The van der Waals surface area contributed by atoms with Crippen LogP contribution in [0.2, 0.25) is 5.02 Å². The Hall–Kier alpha value is -0.840. The number of aromatic nitrogens is 2. The van der Waals surface area contributed by atoms with Gasteiger partial charge in [0, 0.05) is 28.3 Å². The van der Waals surface area contributed by atoms with E-state index in [0.29, 0.717) is 10.6 Å². The topological polar surface area (TPSA) is 38.0 Å². The van der Waals surface area contributed by atoms with Crippen molar-refractivity contribution >= 4 is 27.5 Å². The fourth-order valence-electron chi connectivity index (χ4n) is 1.60. The van der Waals surface area contributed by atoms with Gasteiger partial charge >= 0.3 is 0 Å². The van der Waals surface area contributed by atoms with Crippen molar-refractivity contribution in [1.82, 2.24) is 9.78 Å². The second-order valence-corrected chi connectivity index (χ2v) is 4.91. The highest BCUT2D eigenvalue weighted by Gasteiger charge is 2.16. The lowest BCUT2D eigenvalue weighted by Gasteiger charge is -2.11. The van der Waals surface area contributed by atoms with Gasteiger partial charge in [-0.3, -0.25) is 4.68 Å². The van der Waals surface area contributed by atoms with Gasteiger partial charge in [-0.15, -0.1) is 0 Å². The van der Waals surface area contributed by atoms with E-state index in [9.17, 15) is 5.11 Å². The van der Waals surface area contributed by atoms with Gasteiger partial charge in [0.25, 0.3) is 0 Å². The highest BCUT2D eigenvalue weighted by Crippen LogP contribution is 2.33. The summed E-state index contributed by atoms with van der Waals surface area (Å²) in [5.41, 5.74) is 1.42. The van der Waals surface area contributed by atoms with Gasteiger partial charge in [-0.05, 0) is 28.9 Å². The van der Waals surface area contributed by atoms with Crippen molar-refractivity contribution in [3.05, 3.63) is 51.2 Å². The number of hydrogen-bond donors (Lipinski definition) is 1. The van der Waals surface area contributed by atoms with Crippen LogP contribution < -0.4 is 0 Å². The third-order valence-corrected chi connectivity index (χ3v) is 3.88. The molecule has 1 aromatic carbocycles. The average Bonchev–Trinajstić information content (AvgIpc) is 2.80. The molecule has 90 valence electrons. The molecule has 3 nitrogen and oxygen atoms in total. The molecule has 1 unspecified atom stereocenters. The molecule has 2 rings (SSSR count). The van der Waals surface area contributed by atoms with E-state index in [4.69, 9.17) is 11.6 Å². The third-order valence-electron chi connectivity index (χ3n) is 2.57. The Morgan fingerprint density at radius 2 is 2.29 bits per heavy atom. The molecular formula is C12H12BrClN2O. The van der Waals surface area contributed by atoms with E-state index in [-0.39, 0.29) is 0 Å². The standard InChI is InChI=1S/C12H12BrClN2O/c1-2-16-7-8(6-15-16)12(17)9-4-3-5-10(13)11(9)14/h3-7,12,17H,2H2,1H3. The van der Waals surface area contributed by atoms with Crippen LogP contribution in [0.4, 0.5) is 0 Å². The molecule has 0 radical (unpaired) electrons. The molecule has 17 heavy (non-hydrogen) atoms. The van der Waals surface area contributed by atoms with Crippen molar-refractivity contribution in [2.75, 3.05) is 0 Å². The molecule has 0 bridgehead atoms. The van der Waals surface area contributed by atoms with E-state index in [2.05, 4.69) is 21.0 Å². The van der Waals surface area contributed by atoms with Crippen LogP contribution in [0.15, 0.2) is 35.1 Å². The Labute approximate surface area is 113 Å². The van der Waals surface area contributed by atoms with Crippen molar-refractivity contribution in [1.29, 1.82) is 0 Å². The summed E-state index contributed by atoms with van der Waals surface area (Å²) < 4.78 is 2.54. The van der Waals surface area contributed by atoms with Crippen molar-refractivity contribution in [3.8, 4) is 0 Å². The summed E-state index contributed by atoms with van der Waals surface area (Å²) >= 11 is 9.49. The number of aryl methyl sites for hydroxylation is 1. The predicted octanol–water partition coefficient (Wildman–Crippen LogP) is 3.40. The lowest BCUT2D eigenvalue weighted by molar-refractivity contribution is 0.220. The molecule has 0 saturated carbocycles. The molecule has 0 aliphatic rings. The maximum Gasteiger partial charge on any atom is 0.109 e. The Bertz CT molecular complexity index is 527. The zero-order valence-corrected chi connectivity index (χ0v) is 11.6. The summed E-state index contributed by atoms with van der Waals surface area (Å²) in [6.07, 6.45) is 2.73. The van der Waals surface area contributed by atoms with Gasteiger partial charge in [0.1, 0.15) is 6.10 Å². The van der Waals surface area contributed by atoms with E-state index in [0.717, 1.165) is 16.6 Å². The first-order chi connectivity index (χ1) is 8.13. The molecule has 0 fully saturated rings. The number of aliphatic hydroxyl groups is 1. The van der Waals surface area contributed by atoms with E-state index >= 15 is 0 Å². The number of benzene rings is 1. The minimum atomic E-state index is -0.750. The van der Waals surface area contributed by atoms with Crippen LogP contribution in [-0.2, 0) is 6.54 Å². The quantitative estimate of drug-likeness (QED) is 0.942. The molecule has 0 amide bonds. The first-order valence-electron chi connectivity index (χ1n) is 5.27. The van der Waals surface area contributed by atoms with E-state index in [1.807, 2.05) is 25.3 Å². The van der Waals surface area contributed by atoms with E-state index in [1.54, 1.807) is 16.9 Å². The third kappa shape index (κ3) is 2.54. The lowest BCUT2D eigenvalue weighted by Crippen LogP contribution is -2.00. The monoisotopic (exact) mass is 314 g/mol. The molecule has 0 saturated heterocycles. The summed E-state index contributed by atoms with van der Waals surface area (Å²) in [6, 6.07) is 5.49. The van der Waals surface area contributed by atoms with Gasteiger partial charge in [0.15, 0.2) is 0 Å². The van der Waals surface area contributed by atoms with Crippen molar-refractivity contribution in [2.45, 2.75) is 19.6 Å². The Balaban J connectivity index is 2.36. The highest BCUT2D eigenvalue weighted by molar-refractivity contribution is 9.10. The maximum absolute atomic E-state index is 10.2. The van der Waals surface area contributed by atoms with Crippen LogP contribution in [0, 0.1) is 0 Å². The normalized spacial score (nSPS) is 12.7. The van der Waals surface area contributed by atoms with Gasteiger partial charge in [0.2, 0.25) is 0 Å². The van der Waals surface area contributed by atoms with Crippen molar-refractivity contribution < 1.29 is 5.11 Å². The van der Waals surface area contributed by atoms with Crippen LogP contribution in [0.25, 0.3) is 0 Å². The van der Waals surface area contributed by atoms with Gasteiger partial charge in [-0.25, -0.2) is 0 Å².